The second-order valence-electron chi connectivity index (χ2n) is 16.5. The molecular weight excluding hydrogens is 699 g/mol. The van der Waals surface area contributed by atoms with E-state index < -0.39 is 12.1 Å². The fourth-order valence-corrected chi connectivity index (χ4v) is 7.21. The molecule has 0 aliphatic carbocycles. The number of rotatable bonds is 44. The monoisotopic (exact) mass is 794 g/mol. The van der Waals surface area contributed by atoms with E-state index in [1.165, 1.54) is 161 Å². The standard InChI is InChI=1S/C53H95NO3/c1-3-5-7-9-11-12-13-14-15-16-17-18-19-20-21-22-23-24-25-26-27-28-29-30-31-32-33-34-35-36-37-38-39-40-41-42-43-45-47-49-53(57)54-51(50-55)52(56)48-46-44-10-8-6-4-2/h5,7,11-12,14-15,17-18,20-21,46,48,51-52,55-56H,3-4,6,8-10,13,16,19,22-45,47,49-50H2,1-2H3,(H,54,57)/b7-5-,12-11-,15-14-,18-17-,21-20-,48-46+. The number of unbranched alkanes of at least 4 members (excludes halogenated alkanes) is 27. The van der Waals surface area contributed by atoms with Crippen LogP contribution in [-0.2, 0) is 4.79 Å². The Kier molecular flexibility index (Phi) is 46.4. The summed E-state index contributed by atoms with van der Waals surface area (Å²) in [6, 6.07) is -0.618. The Bertz CT molecular complexity index is 992. The van der Waals surface area contributed by atoms with Crippen LogP contribution in [0.15, 0.2) is 72.9 Å². The molecule has 3 N–H and O–H groups in total. The predicted octanol–water partition coefficient (Wildman–Crippen LogP) is 15.9. The molecule has 0 saturated heterocycles. The molecule has 2 unspecified atom stereocenters. The van der Waals surface area contributed by atoms with Crippen molar-refractivity contribution in [2.45, 2.75) is 251 Å². The van der Waals surface area contributed by atoms with Gasteiger partial charge in [-0.15, -0.1) is 0 Å². The van der Waals surface area contributed by atoms with E-state index in [4.69, 9.17) is 0 Å². The van der Waals surface area contributed by atoms with Crippen molar-refractivity contribution in [3.05, 3.63) is 72.9 Å². The minimum Gasteiger partial charge on any atom is -0.394 e. The Hall–Kier alpha value is -2.17. The molecule has 4 heteroatoms. The summed E-state index contributed by atoms with van der Waals surface area (Å²) < 4.78 is 0. The molecule has 4 nitrogen and oxygen atoms in total. The van der Waals surface area contributed by atoms with E-state index in [1.54, 1.807) is 6.08 Å². The highest BCUT2D eigenvalue weighted by molar-refractivity contribution is 5.76. The number of hydrogen-bond donors (Lipinski definition) is 3. The fraction of sp³-hybridized carbons (Fsp3) is 0.755. The van der Waals surface area contributed by atoms with E-state index >= 15 is 0 Å². The normalized spacial score (nSPS) is 13.5. The van der Waals surface area contributed by atoms with Gasteiger partial charge in [0.15, 0.2) is 0 Å². The highest BCUT2D eigenvalue weighted by Gasteiger charge is 2.17. The van der Waals surface area contributed by atoms with E-state index in [-0.39, 0.29) is 12.5 Å². The smallest absolute Gasteiger partial charge is 0.220 e. The maximum absolute atomic E-state index is 12.3. The third-order valence-electron chi connectivity index (χ3n) is 10.9. The summed E-state index contributed by atoms with van der Waals surface area (Å²) in [6.45, 7) is 4.12. The van der Waals surface area contributed by atoms with Crippen LogP contribution in [0.25, 0.3) is 0 Å². The van der Waals surface area contributed by atoms with Crippen LogP contribution in [0, 0.1) is 0 Å². The first-order chi connectivity index (χ1) is 28.2. The van der Waals surface area contributed by atoms with Crippen molar-refractivity contribution in [1.29, 1.82) is 0 Å². The van der Waals surface area contributed by atoms with Crippen LogP contribution in [0.5, 0.6) is 0 Å². The average molecular weight is 794 g/mol. The average Bonchev–Trinajstić information content (AvgIpc) is 3.22. The molecule has 0 bridgehead atoms. The summed E-state index contributed by atoms with van der Waals surface area (Å²) >= 11 is 0. The lowest BCUT2D eigenvalue weighted by molar-refractivity contribution is -0.123. The van der Waals surface area contributed by atoms with Crippen molar-refractivity contribution in [2.75, 3.05) is 6.61 Å². The van der Waals surface area contributed by atoms with Gasteiger partial charge in [-0.05, 0) is 64.2 Å². The van der Waals surface area contributed by atoms with Crippen LogP contribution >= 0.6 is 0 Å². The van der Waals surface area contributed by atoms with Gasteiger partial charge in [0.05, 0.1) is 18.8 Å². The molecule has 0 aromatic rings. The molecule has 2 atom stereocenters. The molecular formula is C53H95NO3. The number of nitrogens with one attached hydrogen (secondary N) is 1. The van der Waals surface area contributed by atoms with Crippen LogP contribution in [-0.4, -0.2) is 34.9 Å². The maximum atomic E-state index is 12.3. The first kappa shape index (κ1) is 54.8. The van der Waals surface area contributed by atoms with Crippen molar-refractivity contribution in [2.24, 2.45) is 0 Å². The minimum absolute atomic E-state index is 0.0686. The number of aliphatic hydroxyl groups is 2. The molecule has 0 saturated carbocycles. The number of aliphatic hydroxyl groups excluding tert-OH is 2. The Morgan fingerprint density at radius 3 is 1.16 bits per heavy atom. The summed E-state index contributed by atoms with van der Waals surface area (Å²) in [5.74, 6) is -0.0686. The Labute approximate surface area is 355 Å². The molecule has 1 amide bonds. The van der Waals surface area contributed by atoms with Gasteiger partial charge in [-0.2, -0.15) is 0 Å². The summed E-state index contributed by atoms with van der Waals surface area (Å²) in [4.78, 5) is 12.3. The van der Waals surface area contributed by atoms with Gasteiger partial charge in [-0.1, -0.05) is 241 Å². The molecule has 0 radical (unpaired) electrons. The van der Waals surface area contributed by atoms with Crippen LogP contribution in [0.4, 0.5) is 0 Å². The Morgan fingerprint density at radius 1 is 0.439 bits per heavy atom. The zero-order chi connectivity index (χ0) is 41.4. The topological polar surface area (TPSA) is 69.6 Å². The molecule has 0 aliphatic heterocycles. The van der Waals surface area contributed by atoms with Gasteiger partial charge >= 0.3 is 0 Å². The number of carbonyl (C=O) groups is 1. The second-order valence-corrected chi connectivity index (χ2v) is 16.5. The summed E-state index contributed by atoms with van der Waals surface area (Å²) in [5.41, 5.74) is 0. The quantitative estimate of drug-likeness (QED) is 0.0425. The molecule has 0 aromatic carbocycles. The van der Waals surface area contributed by atoms with Gasteiger partial charge < -0.3 is 15.5 Å². The first-order valence-corrected chi connectivity index (χ1v) is 24.7. The number of hydrogen-bond acceptors (Lipinski definition) is 3. The van der Waals surface area contributed by atoms with E-state index in [2.05, 4.69) is 79.9 Å². The number of allylic oxidation sites excluding steroid dienone is 11. The van der Waals surface area contributed by atoms with Crippen LogP contribution in [0.2, 0.25) is 0 Å². The van der Waals surface area contributed by atoms with Crippen molar-refractivity contribution in [1.82, 2.24) is 5.32 Å². The molecule has 330 valence electrons. The molecule has 0 rings (SSSR count). The lowest BCUT2D eigenvalue weighted by atomic mass is 10.0. The minimum atomic E-state index is -0.835. The van der Waals surface area contributed by atoms with E-state index in [9.17, 15) is 15.0 Å². The largest absolute Gasteiger partial charge is 0.394 e. The number of carbonyl (C=O) groups excluding carboxylic acids is 1. The Balaban J connectivity index is 3.37. The third kappa shape index (κ3) is 44.8. The zero-order valence-electron chi connectivity index (χ0n) is 37.8. The molecule has 0 aliphatic rings. The Morgan fingerprint density at radius 2 is 0.772 bits per heavy atom. The van der Waals surface area contributed by atoms with Gasteiger partial charge in [0.1, 0.15) is 0 Å². The summed E-state index contributed by atoms with van der Waals surface area (Å²) in [6.07, 6.45) is 69.4. The molecule has 0 fully saturated rings. The van der Waals surface area contributed by atoms with E-state index in [0.29, 0.717) is 6.42 Å². The summed E-state index contributed by atoms with van der Waals surface area (Å²) in [7, 11) is 0. The van der Waals surface area contributed by atoms with Gasteiger partial charge in [0.25, 0.3) is 0 Å². The van der Waals surface area contributed by atoms with Crippen molar-refractivity contribution < 1.29 is 15.0 Å². The SMILES string of the molecule is CC/C=C\C/C=C\C/C=C\C/C=C\C/C=C\CCCCCCCCCCCCCCCCCCCCCCCCCC(=O)NC(CO)C(O)/C=C/CCCCCC. The molecule has 0 heterocycles. The van der Waals surface area contributed by atoms with Crippen LogP contribution in [0.3, 0.4) is 0 Å². The number of amides is 1. The van der Waals surface area contributed by atoms with E-state index in [0.717, 1.165) is 57.8 Å². The maximum Gasteiger partial charge on any atom is 0.220 e. The molecule has 0 aromatic heterocycles. The molecule has 57 heavy (non-hydrogen) atoms. The third-order valence-corrected chi connectivity index (χ3v) is 10.9. The van der Waals surface area contributed by atoms with Crippen molar-refractivity contribution in [3.8, 4) is 0 Å². The lowest BCUT2D eigenvalue weighted by Crippen LogP contribution is -2.45. The fourth-order valence-electron chi connectivity index (χ4n) is 7.21. The van der Waals surface area contributed by atoms with Gasteiger partial charge in [-0.3, -0.25) is 4.79 Å². The first-order valence-electron chi connectivity index (χ1n) is 24.7. The molecule has 0 spiro atoms. The zero-order valence-corrected chi connectivity index (χ0v) is 37.8. The summed E-state index contributed by atoms with van der Waals surface area (Å²) in [5, 5.41) is 22.7. The second kappa shape index (κ2) is 48.2. The van der Waals surface area contributed by atoms with Crippen LogP contribution in [0.1, 0.15) is 239 Å². The van der Waals surface area contributed by atoms with Gasteiger partial charge in [0.2, 0.25) is 5.91 Å². The highest BCUT2D eigenvalue weighted by Crippen LogP contribution is 2.16. The van der Waals surface area contributed by atoms with Crippen molar-refractivity contribution >= 4 is 5.91 Å². The predicted molar refractivity (Wildman–Crippen MR) is 253 cm³/mol. The van der Waals surface area contributed by atoms with Gasteiger partial charge in [-0.25, -0.2) is 0 Å². The highest BCUT2D eigenvalue weighted by atomic mass is 16.3. The van der Waals surface area contributed by atoms with Crippen LogP contribution < -0.4 is 5.32 Å². The van der Waals surface area contributed by atoms with E-state index in [1.807, 2.05) is 6.08 Å². The lowest BCUT2D eigenvalue weighted by Gasteiger charge is -2.20. The van der Waals surface area contributed by atoms with Crippen molar-refractivity contribution in [3.63, 3.8) is 0 Å². The van der Waals surface area contributed by atoms with Gasteiger partial charge in [0, 0.05) is 6.42 Å².